The molecule has 3 unspecified atom stereocenters. The molecule has 0 heterocycles. The Balaban J connectivity index is 2.07. The maximum atomic E-state index is 6.15. The lowest BCUT2D eigenvalue weighted by atomic mass is 9.85. The van der Waals surface area contributed by atoms with Crippen molar-refractivity contribution in [3.8, 4) is 0 Å². The third kappa shape index (κ3) is 5.31. The quantitative estimate of drug-likeness (QED) is 0.655. The summed E-state index contributed by atoms with van der Waals surface area (Å²) in [6.45, 7) is 5.71. The van der Waals surface area contributed by atoms with E-state index in [1.54, 1.807) is 0 Å². The summed E-state index contributed by atoms with van der Waals surface area (Å²) >= 11 is 0. The molecule has 0 aromatic rings. The molecule has 0 radical (unpaired) electrons. The highest BCUT2D eigenvalue weighted by Crippen LogP contribution is 2.22. The third-order valence-corrected chi connectivity index (χ3v) is 3.94. The number of rotatable bonds is 7. The average molecular weight is 226 g/mol. The van der Waals surface area contributed by atoms with Crippen LogP contribution >= 0.6 is 0 Å². The van der Waals surface area contributed by atoms with Crippen LogP contribution < -0.4 is 11.1 Å². The minimum Gasteiger partial charge on any atom is -0.327 e. The zero-order valence-electron chi connectivity index (χ0n) is 11.2. The Kier molecular flexibility index (Phi) is 7.06. The fourth-order valence-corrected chi connectivity index (χ4v) is 2.64. The van der Waals surface area contributed by atoms with Gasteiger partial charge >= 0.3 is 0 Å². The third-order valence-electron chi connectivity index (χ3n) is 3.94. The highest BCUT2D eigenvalue weighted by atomic mass is 14.9. The smallest absolute Gasteiger partial charge is 0.00792 e. The predicted molar refractivity (Wildman–Crippen MR) is 71.5 cm³/mol. The van der Waals surface area contributed by atoms with Gasteiger partial charge in [-0.05, 0) is 38.6 Å². The van der Waals surface area contributed by atoms with E-state index < -0.39 is 0 Å². The molecule has 3 N–H and O–H groups in total. The topological polar surface area (TPSA) is 38.0 Å². The molecule has 1 fully saturated rings. The summed E-state index contributed by atoms with van der Waals surface area (Å²) in [5.41, 5.74) is 6.15. The molecule has 96 valence electrons. The fraction of sp³-hybridized carbons (Fsp3) is 1.00. The van der Waals surface area contributed by atoms with E-state index in [9.17, 15) is 0 Å². The Labute approximate surface area is 101 Å². The standard InChI is InChI=1S/C14H30N2/c1-3-4-5-8-12(2)16-11-13-9-6-7-10-14(13)15/h12-14,16H,3-11,15H2,1-2H3. The molecule has 1 saturated carbocycles. The van der Waals surface area contributed by atoms with Crippen molar-refractivity contribution in [3.63, 3.8) is 0 Å². The van der Waals surface area contributed by atoms with E-state index in [0.29, 0.717) is 12.1 Å². The normalized spacial score (nSPS) is 27.9. The van der Waals surface area contributed by atoms with Gasteiger partial charge in [-0.1, -0.05) is 39.0 Å². The van der Waals surface area contributed by atoms with Gasteiger partial charge in [-0.25, -0.2) is 0 Å². The van der Waals surface area contributed by atoms with Crippen molar-refractivity contribution in [3.05, 3.63) is 0 Å². The number of unbranched alkanes of at least 4 members (excludes halogenated alkanes) is 2. The van der Waals surface area contributed by atoms with E-state index in [0.717, 1.165) is 12.5 Å². The molecule has 3 atom stereocenters. The monoisotopic (exact) mass is 226 g/mol. The van der Waals surface area contributed by atoms with E-state index in [4.69, 9.17) is 5.73 Å². The van der Waals surface area contributed by atoms with E-state index in [1.165, 1.54) is 51.4 Å². The van der Waals surface area contributed by atoms with Crippen LogP contribution in [0.4, 0.5) is 0 Å². The van der Waals surface area contributed by atoms with Crippen LogP contribution in [0.15, 0.2) is 0 Å². The first-order chi connectivity index (χ1) is 7.74. The van der Waals surface area contributed by atoms with Crippen molar-refractivity contribution < 1.29 is 0 Å². The van der Waals surface area contributed by atoms with Crippen molar-refractivity contribution in [2.45, 2.75) is 77.3 Å². The van der Waals surface area contributed by atoms with Gasteiger partial charge in [-0.2, -0.15) is 0 Å². The molecule has 0 bridgehead atoms. The summed E-state index contributed by atoms with van der Waals surface area (Å²) < 4.78 is 0. The molecule has 0 aliphatic heterocycles. The molecule has 0 aromatic carbocycles. The van der Waals surface area contributed by atoms with Crippen molar-refractivity contribution in [1.29, 1.82) is 0 Å². The summed E-state index contributed by atoms with van der Waals surface area (Å²) in [4.78, 5) is 0. The molecule has 1 aliphatic carbocycles. The van der Waals surface area contributed by atoms with E-state index in [1.807, 2.05) is 0 Å². The Hall–Kier alpha value is -0.0800. The maximum absolute atomic E-state index is 6.15. The van der Waals surface area contributed by atoms with Crippen LogP contribution in [-0.2, 0) is 0 Å². The number of nitrogens with two attached hydrogens (primary N) is 1. The first kappa shape index (κ1) is 14.0. The lowest BCUT2D eigenvalue weighted by Crippen LogP contribution is -2.41. The highest BCUT2D eigenvalue weighted by molar-refractivity contribution is 4.80. The molecule has 1 aliphatic rings. The molecule has 0 aromatic heterocycles. The molecule has 16 heavy (non-hydrogen) atoms. The predicted octanol–water partition coefficient (Wildman–Crippen LogP) is 3.06. The zero-order valence-corrected chi connectivity index (χ0v) is 11.2. The fourth-order valence-electron chi connectivity index (χ4n) is 2.64. The van der Waals surface area contributed by atoms with Crippen molar-refractivity contribution in [2.24, 2.45) is 11.7 Å². The second-order valence-corrected chi connectivity index (χ2v) is 5.51. The van der Waals surface area contributed by atoms with Crippen LogP contribution in [0.3, 0.4) is 0 Å². The van der Waals surface area contributed by atoms with Gasteiger partial charge in [0.2, 0.25) is 0 Å². The van der Waals surface area contributed by atoms with Crippen molar-refractivity contribution in [1.82, 2.24) is 5.32 Å². The van der Waals surface area contributed by atoms with Gasteiger partial charge in [0.25, 0.3) is 0 Å². The van der Waals surface area contributed by atoms with Gasteiger partial charge in [0.15, 0.2) is 0 Å². The number of hydrogen-bond acceptors (Lipinski definition) is 2. The molecule has 2 heteroatoms. The van der Waals surface area contributed by atoms with Crippen LogP contribution in [0, 0.1) is 5.92 Å². The van der Waals surface area contributed by atoms with Gasteiger partial charge in [0.05, 0.1) is 0 Å². The minimum absolute atomic E-state index is 0.448. The largest absolute Gasteiger partial charge is 0.327 e. The maximum Gasteiger partial charge on any atom is 0.00792 e. The van der Waals surface area contributed by atoms with Gasteiger partial charge in [-0.15, -0.1) is 0 Å². The zero-order chi connectivity index (χ0) is 11.8. The van der Waals surface area contributed by atoms with Crippen LogP contribution in [0.25, 0.3) is 0 Å². The lowest BCUT2D eigenvalue weighted by molar-refractivity contribution is 0.285. The minimum atomic E-state index is 0.448. The van der Waals surface area contributed by atoms with Gasteiger partial charge in [0.1, 0.15) is 0 Å². The Morgan fingerprint density at radius 1 is 1.25 bits per heavy atom. The van der Waals surface area contributed by atoms with E-state index in [-0.39, 0.29) is 0 Å². The van der Waals surface area contributed by atoms with Crippen LogP contribution in [0.1, 0.15) is 65.2 Å². The molecule has 0 saturated heterocycles. The Morgan fingerprint density at radius 2 is 2.00 bits per heavy atom. The molecule has 2 nitrogen and oxygen atoms in total. The van der Waals surface area contributed by atoms with Crippen molar-refractivity contribution in [2.75, 3.05) is 6.54 Å². The Morgan fingerprint density at radius 3 is 2.69 bits per heavy atom. The van der Waals surface area contributed by atoms with Crippen molar-refractivity contribution >= 4 is 0 Å². The summed E-state index contributed by atoms with van der Waals surface area (Å²) in [7, 11) is 0. The highest BCUT2D eigenvalue weighted by Gasteiger charge is 2.21. The molecule has 0 amide bonds. The van der Waals surface area contributed by atoms with Gasteiger partial charge < -0.3 is 11.1 Å². The molecule has 0 spiro atoms. The van der Waals surface area contributed by atoms with Crippen LogP contribution in [-0.4, -0.2) is 18.6 Å². The second-order valence-electron chi connectivity index (χ2n) is 5.51. The molecular weight excluding hydrogens is 196 g/mol. The van der Waals surface area contributed by atoms with E-state index in [2.05, 4.69) is 19.2 Å². The van der Waals surface area contributed by atoms with Gasteiger partial charge in [0, 0.05) is 12.1 Å². The summed E-state index contributed by atoms with van der Waals surface area (Å²) in [6.07, 6.45) is 10.6. The summed E-state index contributed by atoms with van der Waals surface area (Å²) in [6, 6.07) is 1.12. The van der Waals surface area contributed by atoms with Gasteiger partial charge in [-0.3, -0.25) is 0 Å². The molecular formula is C14H30N2. The number of hydrogen-bond donors (Lipinski definition) is 2. The first-order valence-electron chi connectivity index (χ1n) is 7.23. The number of nitrogens with one attached hydrogen (secondary N) is 1. The summed E-state index contributed by atoms with van der Waals surface area (Å²) in [5.74, 6) is 0.724. The second kappa shape index (κ2) is 8.08. The van der Waals surface area contributed by atoms with E-state index >= 15 is 0 Å². The van der Waals surface area contributed by atoms with Crippen LogP contribution in [0.2, 0.25) is 0 Å². The Bertz CT molecular complexity index is 170. The SMILES string of the molecule is CCCCCC(C)NCC1CCCCC1N. The average Bonchev–Trinajstić information content (AvgIpc) is 2.28. The summed E-state index contributed by atoms with van der Waals surface area (Å²) in [5, 5.41) is 3.66. The lowest BCUT2D eigenvalue weighted by Gasteiger charge is -2.30. The first-order valence-corrected chi connectivity index (χ1v) is 7.23. The van der Waals surface area contributed by atoms with Crippen LogP contribution in [0.5, 0.6) is 0 Å². The molecule has 1 rings (SSSR count).